The van der Waals surface area contributed by atoms with Crippen LogP contribution in [0.4, 0.5) is 0 Å². The first-order valence-corrected chi connectivity index (χ1v) is 7.80. The molecule has 94 valence electrons. The van der Waals surface area contributed by atoms with Gasteiger partial charge in [-0.05, 0) is 67.2 Å². The molecule has 1 aliphatic carbocycles. The molecule has 0 N–H and O–H groups in total. The predicted octanol–water partition coefficient (Wildman–Crippen LogP) is 5.51. The van der Waals surface area contributed by atoms with E-state index in [4.69, 9.17) is 0 Å². The third-order valence-corrected chi connectivity index (χ3v) is 5.14. The van der Waals surface area contributed by atoms with Crippen LogP contribution in [0.1, 0.15) is 55.1 Å². The van der Waals surface area contributed by atoms with Crippen LogP contribution in [-0.4, -0.2) is 0 Å². The zero-order valence-electron chi connectivity index (χ0n) is 11.2. The Bertz CT molecular complexity index is 510. The molecule has 0 amide bonds. The second-order valence-electron chi connectivity index (χ2n) is 5.48. The zero-order chi connectivity index (χ0) is 12.5. The first kappa shape index (κ1) is 12.1. The molecule has 0 fully saturated rings. The summed E-state index contributed by atoms with van der Waals surface area (Å²) >= 11 is 1.96. The van der Waals surface area contributed by atoms with Crippen molar-refractivity contribution in [3.63, 3.8) is 0 Å². The Hall–Kier alpha value is -0.950. The summed E-state index contributed by atoms with van der Waals surface area (Å²) in [5, 5.41) is 2.89. The average Bonchev–Trinajstić information content (AvgIpc) is 2.91. The van der Waals surface area contributed by atoms with E-state index in [2.05, 4.69) is 43.5 Å². The van der Waals surface area contributed by atoms with Gasteiger partial charge in [0.1, 0.15) is 0 Å². The zero-order valence-corrected chi connectivity index (χ0v) is 12.0. The maximum atomic E-state index is 2.46. The monoisotopic (exact) mass is 256 g/mol. The van der Waals surface area contributed by atoms with E-state index in [1.54, 1.807) is 11.1 Å². The highest BCUT2D eigenvalue weighted by Gasteiger charge is 2.19. The van der Waals surface area contributed by atoms with Crippen LogP contribution in [0.15, 0.2) is 35.3 Å². The lowest BCUT2D eigenvalue weighted by atomic mass is 9.84. The Morgan fingerprint density at radius 2 is 2.11 bits per heavy atom. The third-order valence-electron chi connectivity index (χ3n) is 4.00. The van der Waals surface area contributed by atoms with Crippen LogP contribution in [0.3, 0.4) is 0 Å². The number of hydrogen-bond donors (Lipinski definition) is 0. The SMILES string of the molecule is CC(C)=C1CCCc2ccc(C3CC=CS3)cc21. The lowest BCUT2D eigenvalue weighted by Crippen LogP contribution is -2.04. The molecule has 0 nitrogen and oxygen atoms in total. The predicted molar refractivity (Wildman–Crippen MR) is 81.7 cm³/mol. The Morgan fingerprint density at radius 1 is 1.22 bits per heavy atom. The molecule has 0 saturated heterocycles. The fourth-order valence-corrected chi connectivity index (χ4v) is 3.94. The van der Waals surface area contributed by atoms with Gasteiger partial charge in [0, 0.05) is 5.25 Å². The minimum atomic E-state index is 0.649. The minimum absolute atomic E-state index is 0.649. The largest absolute Gasteiger partial charge is 0.126 e. The number of allylic oxidation sites excluding steroid dienone is 3. The van der Waals surface area contributed by atoms with Crippen molar-refractivity contribution in [3.8, 4) is 0 Å². The summed E-state index contributed by atoms with van der Waals surface area (Å²) in [5.74, 6) is 0. The van der Waals surface area contributed by atoms with E-state index in [1.165, 1.54) is 42.4 Å². The van der Waals surface area contributed by atoms with Crippen molar-refractivity contribution >= 4 is 17.3 Å². The molecule has 18 heavy (non-hydrogen) atoms. The van der Waals surface area contributed by atoms with E-state index >= 15 is 0 Å². The molecule has 0 aromatic heterocycles. The minimum Gasteiger partial charge on any atom is -0.126 e. The maximum Gasteiger partial charge on any atom is 0.0373 e. The fourth-order valence-electron chi connectivity index (χ4n) is 3.00. The Balaban J connectivity index is 2.02. The van der Waals surface area contributed by atoms with Crippen molar-refractivity contribution in [2.24, 2.45) is 0 Å². The Kier molecular flexibility index (Phi) is 3.34. The van der Waals surface area contributed by atoms with Gasteiger partial charge in [-0.3, -0.25) is 0 Å². The van der Waals surface area contributed by atoms with Gasteiger partial charge in [0.25, 0.3) is 0 Å². The summed E-state index contributed by atoms with van der Waals surface area (Å²) < 4.78 is 0. The number of hydrogen-bond acceptors (Lipinski definition) is 1. The van der Waals surface area contributed by atoms with Crippen LogP contribution in [0.25, 0.3) is 5.57 Å². The van der Waals surface area contributed by atoms with E-state index in [-0.39, 0.29) is 0 Å². The summed E-state index contributed by atoms with van der Waals surface area (Å²) in [7, 11) is 0. The standard InChI is InChI=1S/C17H20S/c1-12(2)15-6-3-5-13-8-9-14(11-16(13)15)17-7-4-10-18-17/h4,8-11,17H,3,5-7H2,1-2H3. The van der Waals surface area contributed by atoms with Crippen molar-refractivity contribution < 1.29 is 0 Å². The number of rotatable bonds is 1. The van der Waals surface area contributed by atoms with Crippen LogP contribution < -0.4 is 0 Å². The highest BCUT2D eigenvalue weighted by molar-refractivity contribution is 8.02. The molecule has 1 heterocycles. The maximum absolute atomic E-state index is 2.46. The van der Waals surface area contributed by atoms with E-state index in [0.29, 0.717) is 5.25 Å². The van der Waals surface area contributed by atoms with E-state index in [9.17, 15) is 0 Å². The summed E-state index contributed by atoms with van der Waals surface area (Å²) in [6, 6.07) is 7.17. The summed E-state index contributed by atoms with van der Waals surface area (Å²) in [5.41, 5.74) is 7.67. The molecule has 2 aliphatic rings. The average molecular weight is 256 g/mol. The van der Waals surface area contributed by atoms with Gasteiger partial charge >= 0.3 is 0 Å². The van der Waals surface area contributed by atoms with Crippen LogP contribution in [0.2, 0.25) is 0 Å². The first-order chi connectivity index (χ1) is 8.75. The second kappa shape index (κ2) is 4.97. The fraction of sp³-hybridized carbons (Fsp3) is 0.412. The van der Waals surface area contributed by atoms with Crippen molar-refractivity contribution in [1.29, 1.82) is 0 Å². The van der Waals surface area contributed by atoms with Gasteiger partial charge in [-0.15, -0.1) is 11.8 Å². The van der Waals surface area contributed by atoms with Crippen molar-refractivity contribution in [2.45, 2.75) is 44.8 Å². The number of benzene rings is 1. The van der Waals surface area contributed by atoms with Gasteiger partial charge in [0.2, 0.25) is 0 Å². The Morgan fingerprint density at radius 3 is 2.83 bits per heavy atom. The number of fused-ring (bicyclic) bond motifs is 1. The second-order valence-corrected chi connectivity index (χ2v) is 6.59. The van der Waals surface area contributed by atoms with E-state index in [1.807, 2.05) is 11.8 Å². The van der Waals surface area contributed by atoms with Crippen molar-refractivity contribution in [2.75, 3.05) is 0 Å². The van der Waals surface area contributed by atoms with Crippen LogP contribution in [-0.2, 0) is 6.42 Å². The summed E-state index contributed by atoms with van der Waals surface area (Å²) in [6.45, 7) is 4.51. The van der Waals surface area contributed by atoms with Gasteiger partial charge < -0.3 is 0 Å². The third kappa shape index (κ3) is 2.16. The molecule has 0 saturated carbocycles. The smallest absolute Gasteiger partial charge is 0.0373 e. The molecule has 1 aromatic carbocycles. The van der Waals surface area contributed by atoms with Crippen molar-refractivity contribution in [3.05, 3.63) is 51.9 Å². The molecule has 1 unspecified atom stereocenters. The quantitative estimate of drug-likeness (QED) is 0.638. The summed E-state index contributed by atoms with van der Waals surface area (Å²) in [6.07, 6.45) is 7.30. The number of aryl methyl sites for hydroxylation is 1. The van der Waals surface area contributed by atoms with Gasteiger partial charge in [0.15, 0.2) is 0 Å². The molecule has 0 bridgehead atoms. The summed E-state index contributed by atoms with van der Waals surface area (Å²) in [4.78, 5) is 0. The number of thioether (sulfide) groups is 1. The first-order valence-electron chi connectivity index (χ1n) is 6.86. The molecular weight excluding hydrogens is 236 g/mol. The van der Waals surface area contributed by atoms with Crippen molar-refractivity contribution in [1.82, 2.24) is 0 Å². The molecule has 1 atom stereocenters. The van der Waals surface area contributed by atoms with Gasteiger partial charge in [0.05, 0.1) is 0 Å². The lowest BCUT2D eigenvalue weighted by Gasteiger charge is -2.22. The Labute approximate surface area is 114 Å². The highest BCUT2D eigenvalue weighted by atomic mass is 32.2. The molecule has 0 radical (unpaired) electrons. The van der Waals surface area contributed by atoms with E-state index in [0.717, 1.165) is 0 Å². The molecule has 1 heteroatoms. The molecule has 1 aliphatic heterocycles. The van der Waals surface area contributed by atoms with Crippen LogP contribution in [0.5, 0.6) is 0 Å². The molecule has 0 spiro atoms. The highest BCUT2D eigenvalue weighted by Crippen LogP contribution is 2.41. The molecule has 3 rings (SSSR count). The van der Waals surface area contributed by atoms with Crippen LogP contribution in [0, 0.1) is 0 Å². The van der Waals surface area contributed by atoms with E-state index < -0.39 is 0 Å². The normalized spacial score (nSPS) is 22.1. The van der Waals surface area contributed by atoms with Gasteiger partial charge in [-0.1, -0.05) is 29.8 Å². The topological polar surface area (TPSA) is 0 Å². The van der Waals surface area contributed by atoms with Gasteiger partial charge in [-0.2, -0.15) is 0 Å². The lowest BCUT2D eigenvalue weighted by molar-refractivity contribution is 0.815. The molecule has 1 aromatic rings. The molecular formula is C17H20S. The van der Waals surface area contributed by atoms with Gasteiger partial charge in [-0.25, -0.2) is 0 Å². The van der Waals surface area contributed by atoms with Crippen LogP contribution >= 0.6 is 11.8 Å².